The van der Waals surface area contributed by atoms with Crippen LogP contribution >= 0.6 is 0 Å². The fourth-order valence-corrected chi connectivity index (χ4v) is 4.35. The van der Waals surface area contributed by atoms with E-state index in [-0.39, 0.29) is 24.1 Å². The van der Waals surface area contributed by atoms with Crippen LogP contribution < -0.4 is 5.32 Å². The average Bonchev–Trinajstić information content (AvgIpc) is 3.02. The molecule has 1 amide bonds. The zero-order valence-electron chi connectivity index (χ0n) is 13.9. The van der Waals surface area contributed by atoms with Crippen LogP contribution in [0.1, 0.15) is 42.1 Å². The number of hydrogen-bond acceptors (Lipinski definition) is 5. The number of amides is 1. The Balaban J connectivity index is 1.51. The fourth-order valence-electron chi connectivity index (χ4n) is 4.35. The zero-order valence-corrected chi connectivity index (χ0v) is 13.9. The summed E-state index contributed by atoms with van der Waals surface area (Å²) in [5, 5.41) is 11.6. The summed E-state index contributed by atoms with van der Waals surface area (Å²) in [5.41, 5.74) is 0. The van der Waals surface area contributed by atoms with Crippen LogP contribution in [-0.2, 0) is 17.7 Å². The summed E-state index contributed by atoms with van der Waals surface area (Å²) in [7, 11) is 4.09. The molecule has 1 saturated heterocycles. The van der Waals surface area contributed by atoms with Crippen molar-refractivity contribution in [3.05, 3.63) is 11.6 Å². The average molecular weight is 319 g/mol. The molecular formula is C16H25N5O2. The van der Waals surface area contributed by atoms with Crippen molar-refractivity contribution in [1.82, 2.24) is 25.0 Å². The molecule has 2 aliphatic heterocycles. The number of likely N-dealkylation sites (N-methyl/N-ethyl adjacent to an activating group) is 1. The van der Waals surface area contributed by atoms with Crippen molar-refractivity contribution in [3.8, 4) is 0 Å². The summed E-state index contributed by atoms with van der Waals surface area (Å²) in [5.74, 6) is 1.76. The highest BCUT2D eigenvalue weighted by Gasteiger charge is 2.55. The Hall–Kier alpha value is -1.47. The van der Waals surface area contributed by atoms with Gasteiger partial charge in [0, 0.05) is 25.5 Å². The largest absolute Gasteiger partial charge is 0.376 e. The minimum Gasteiger partial charge on any atom is -0.376 e. The van der Waals surface area contributed by atoms with Gasteiger partial charge in [-0.05, 0) is 33.4 Å². The number of nitrogens with one attached hydrogen (secondary N) is 1. The van der Waals surface area contributed by atoms with E-state index < -0.39 is 0 Å². The van der Waals surface area contributed by atoms with Gasteiger partial charge in [0.15, 0.2) is 0 Å². The van der Waals surface area contributed by atoms with Crippen molar-refractivity contribution >= 4 is 5.91 Å². The Bertz CT molecular complexity index is 599. The third kappa shape index (κ3) is 2.46. The molecule has 4 rings (SSSR count). The highest BCUT2D eigenvalue weighted by molar-refractivity contribution is 5.91. The molecule has 0 spiro atoms. The van der Waals surface area contributed by atoms with E-state index in [1.54, 1.807) is 0 Å². The molecular weight excluding hydrogens is 294 g/mol. The van der Waals surface area contributed by atoms with E-state index in [0.717, 1.165) is 44.7 Å². The summed E-state index contributed by atoms with van der Waals surface area (Å²) >= 11 is 0. The van der Waals surface area contributed by atoms with Crippen LogP contribution in [0.2, 0.25) is 0 Å². The number of rotatable bonds is 3. The summed E-state index contributed by atoms with van der Waals surface area (Å²) in [6.07, 6.45) is 5.61. The van der Waals surface area contributed by atoms with Gasteiger partial charge in [-0.1, -0.05) is 6.42 Å². The first-order valence-electron chi connectivity index (χ1n) is 8.68. The molecule has 2 fully saturated rings. The molecule has 1 aliphatic carbocycles. The maximum atomic E-state index is 12.8. The number of aryl methyl sites for hydroxylation is 1. The van der Waals surface area contributed by atoms with Gasteiger partial charge in [-0.2, -0.15) is 0 Å². The summed E-state index contributed by atoms with van der Waals surface area (Å²) in [6, 6.07) is 0.390. The molecule has 126 valence electrons. The molecule has 1 aromatic rings. The van der Waals surface area contributed by atoms with Gasteiger partial charge in [-0.3, -0.25) is 4.79 Å². The van der Waals surface area contributed by atoms with Crippen molar-refractivity contribution in [2.75, 3.05) is 20.7 Å². The van der Waals surface area contributed by atoms with E-state index in [2.05, 4.69) is 20.4 Å². The third-order valence-electron chi connectivity index (χ3n) is 5.56. The first kappa shape index (κ1) is 15.1. The lowest BCUT2D eigenvalue weighted by atomic mass is 9.71. The van der Waals surface area contributed by atoms with Crippen LogP contribution in [0.5, 0.6) is 0 Å². The van der Waals surface area contributed by atoms with Crippen LogP contribution in [0.25, 0.3) is 0 Å². The van der Waals surface area contributed by atoms with E-state index in [9.17, 15) is 4.79 Å². The number of hydrogen-bond donors (Lipinski definition) is 1. The molecule has 7 nitrogen and oxygen atoms in total. The minimum absolute atomic E-state index is 0.0900. The third-order valence-corrected chi connectivity index (χ3v) is 5.56. The fraction of sp³-hybridized carbons (Fsp3) is 0.812. The molecule has 0 aromatic carbocycles. The lowest BCUT2D eigenvalue weighted by Crippen LogP contribution is -2.69. The maximum absolute atomic E-state index is 12.8. The normalized spacial score (nSPS) is 32.8. The molecule has 0 unspecified atom stereocenters. The minimum atomic E-state index is -0.0900. The van der Waals surface area contributed by atoms with Gasteiger partial charge in [0.2, 0.25) is 5.82 Å². The van der Waals surface area contributed by atoms with E-state index in [4.69, 9.17) is 4.74 Å². The maximum Gasteiger partial charge on any atom is 0.289 e. The van der Waals surface area contributed by atoms with Gasteiger partial charge in [0.1, 0.15) is 5.82 Å². The van der Waals surface area contributed by atoms with E-state index in [1.807, 2.05) is 18.7 Å². The van der Waals surface area contributed by atoms with Gasteiger partial charge < -0.3 is 19.5 Å². The smallest absolute Gasteiger partial charge is 0.289 e. The van der Waals surface area contributed by atoms with Crippen LogP contribution in [0.3, 0.4) is 0 Å². The standard InChI is InChI=1S/C16H25N5O2/c1-20(2)13-12(10-7-9-23-14(10)13)17-16(22)15-19-18-11-6-4-3-5-8-21(11)15/h10,12-14H,3-9H2,1-2H3,(H,17,22)/t10-,12+,13-,14-/m0/s1. The molecule has 1 N–H and O–H groups in total. The molecule has 23 heavy (non-hydrogen) atoms. The summed E-state index contributed by atoms with van der Waals surface area (Å²) in [6.45, 7) is 1.65. The second kappa shape index (κ2) is 5.87. The lowest BCUT2D eigenvalue weighted by Gasteiger charge is -2.50. The molecule has 0 bridgehead atoms. The molecule has 4 atom stereocenters. The first-order valence-corrected chi connectivity index (χ1v) is 8.68. The Morgan fingerprint density at radius 1 is 1.30 bits per heavy atom. The van der Waals surface area contributed by atoms with E-state index in [1.165, 1.54) is 6.42 Å². The van der Waals surface area contributed by atoms with E-state index >= 15 is 0 Å². The Morgan fingerprint density at radius 3 is 3.00 bits per heavy atom. The van der Waals surface area contributed by atoms with Crippen LogP contribution in [0.15, 0.2) is 0 Å². The van der Waals surface area contributed by atoms with Crippen molar-refractivity contribution in [3.63, 3.8) is 0 Å². The number of ether oxygens (including phenoxy) is 1. The Kier molecular flexibility index (Phi) is 3.85. The van der Waals surface area contributed by atoms with E-state index in [0.29, 0.717) is 11.7 Å². The zero-order chi connectivity index (χ0) is 16.0. The van der Waals surface area contributed by atoms with Crippen molar-refractivity contribution in [2.24, 2.45) is 5.92 Å². The molecule has 3 aliphatic rings. The van der Waals surface area contributed by atoms with Crippen LogP contribution in [0, 0.1) is 5.92 Å². The predicted octanol–water partition coefficient (Wildman–Crippen LogP) is 0.452. The van der Waals surface area contributed by atoms with Gasteiger partial charge in [0.25, 0.3) is 5.91 Å². The molecule has 3 heterocycles. The highest BCUT2D eigenvalue weighted by atomic mass is 16.5. The SMILES string of the molecule is CN(C)[C@H]1[C@H](NC(=O)c2nnc3n2CCCCC3)[C@@H]2CCO[C@@H]21. The lowest BCUT2D eigenvalue weighted by molar-refractivity contribution is -0.0665. The molecule has 7 heteroatoms. The second-order valence-electron chi connectivity index (χ2n) is 7.14. The van der Waals surface area contributed by atoms with Crippen molar-refractivity contribution < 1.29 is 9.53 Å². The van der Waals surface area contributed by atoms with Crippen molar-refractivity contribution in [1.29, 1.82) is 0 Å². The number of carbonyl (C=O) groups is 1. The number of fused-ring (bicyclic) bond motifs is 2. The van der Waals surface area contributed by atoms with Crippen LogP contribution in [-0.4, -0.2) is 64.5 Å². The van der Waals surface area contributed by atoms with Gasteiger partial charge in [-0.15, -0.1) is 10.2 Å². The summed E-state index contributed by atoms with van der Waals surface area (Å²) in [4.78, 5) is 14.9. The molecule has 1 aromatic heterocycles. The first-order chi connectivity index (χ1) is 11.2. The van der Waals surface area contributed by atoms with Crippen LogP contribution in [0.4, 0.5) is 0 Å². The number of carbonyl (C=O) groups excluding carboxylic acids is 1. The highest BCUT2D eigenvalue weighted by Crippen LogP contribution is 2.41. The monoisotopic (exact) mass is 319 g/mol. The van der Waals surface area contributed by atoms with Gasteiger partial charge in [-0.25, -0.2) is 0 Å². The molecule has 0 radical (unpaired) electrons. The quantitative estimate of drug-likeness (QED) is 0.876. The summed E-state index contributed by atoms with van der Waals surface area (Å²) < 4.78 is 7.82. The number of aromatic nitrogens is 3. The predicted molar refractivity (Wildman–Crippen MR) is 84.2 cm³/mol. The second-order valence-corrected chi connectivity index (χ2v) is 7.14. The van der Waals surface area contributed by atoms with Gasteiger partial charge in [0.05, 0.1) is 18.2 Å². The number of nitrogens with zero attached hydrogens (tertiary/aromatic N) is 4. The van der Waals surface area contributed by atoms with Crippen molar-refractivity contribution in [2.45, 2.75) is 56.8 Å². The topological polar surface area (TPSA) is 72.3 Å². The Labute approximate surface area is 136 Å². The Morgan fingerprint density at radius 2 is 2.17 bits per heavy atom. The van der Waals surface area contributed by atoms with Gasteiger partial charge >= 0.3 is 0 Å². The molecule has 1 saturated carbocycles.